The number of pyridine rings is 1. The number of thiophene rings is 1. The molecule has 6 heteroatoms. The molecule has 3 N–H and O–H groups in total. The molecule has 0 saturated carbocycles. The zero-order chi connectivity index (χ0) is 13.8. The molecule has 0 bridgehead atoms. The van der Waals surface area contributed by atoms with Gasteiger partial charge in [0.15, 0.2) is 0 Å². The molecular weight excluding hydrogens is 276 g/mol. The Bertz CT molecular complexity index is 601. The smallest absolute Gasteiger partial charge is 0.131 e. The summed E-state index contributed by atoms with van der Waals surface area (Å²) in [7, 11) is 0. The molecule has 0 saturated heterocycles. The van der Waals surface area contributed by atoms with E-state index in [0.717, 1.165) is 15.5 Å². The Morgan fingerprint density at radius 1 is 1.58 bits per heavy atom. The molecule has 19 heavy (non-hydrogen) atoms. The molecule has 1 atom stereocenters. The molecular formula is C13H14N4S2. The van der Waals surface area contributed by atoms with Gasteiger partial charge in [-0.3, -0.25) is 4.98 Å². The predicted molar refractivity (Wildman–Crippen MR) is 81.5 cm³/mol. The molecule has 2 rings (SSSR count). The van der Waals surface area contributed by atoms with Crippen molar-refractivity contribution in [2.45, 2.75) is 17.9 Å². The number of rotatable bonds is 4. The van der Waals surface area contributed by atoms with Gasteiger partial charge in [0.1, 0.15) is 15.9 Å². The molecule has 0 aliphatic heterocycles. The summed E-state index contributed by atoms with van der Waals surface area (Å²) in [6, 6.07) is 6.17. The quantitative estimate of drug-likeness (QED) is 0.843. The van der Waals surface area contributed by atoms with Gasteiger partial charge in [-0.25, -0.2) is 0 Å². The van der Waals surface area contributed by atoms with Crippen LogP contribution in [0.25, 0.3) is 0 Å². The van der Waals surface area contributed by atoms with E-state index in [-0.39, 0.29) is 6.04 Å². The predicted octanol–water partition coefficient (Wildman–Crippen LogP) is 3.49. The van der Waals surface area contributed by atoms with E-state index in [0.29, 0.717) is 10.6 Å². The highest BCUT2D eigenvalue weighted by Crippen LogP contribution is 2.42. The standard InChI is InChI=1S/C13H14N4S2/c1-8(9-4-3-5-16-7-9)17-13-12(18-2)11(15)10(6-14)19-13/h3-5,7-8,17H,15H2,1-2H3. The lowest BCUT2D eigenvalue weighted by Crippen LogP contribution is -2.06. The van der Waals surface area contributed by atoms with Crippen LogP contribution in [0.3, 0.4) is 0 Å². The zero-order valence-electron chi connectivity index (χ0n) is 10.7. The third-order valence-corrected chi connectivity index (χ3v) is 4.74. The number of nitrogen functional groups attached to an aromatic ring is 1. The van der Waals surface area contributed by atoms with Gasteiger partial charge in [-0.05, 0) is 24.8 Å². The summed E-state index contributed by atoms with van der Waals surface area (Å²) < 4.78 is 0. The average Bonchev–Trinajstić information content (AvgIpc) is 2.75. The first kappa shape index (κ1) is 13.7. The number of thioether (sulfide) groups is 1. The highest BCUT2D eigenvalue weighted by atomic mass is 32.2. The van der Waals surface area contributed by atoms with E-state index in [2.05, 4.69) is 23.3 Å². The second-order valence-electron chi connectivity index (χ2n) is 3.97. The molecule has 0 spiro atoms. The SMILES string of the molecule is CSc1c(NC(C)c2cccnc2)sc(C#N)c1N. The fraction of sp³-hybridized carbons (Fsp3) is 0.231. The van der Waals surface area contributed by atoms with Gasteiger partial charge >= 0.3 is 0 Å². The van der Waals surface area contributed by atoms with Crippen molar-refractivity contribution >= 4 is 33.8 Å². The monoisotopic (exact) mass is 290 g/mol. The summed E-state index contributed by atoms with van der Waals surface area (Å²) >= 11 is 2.95. The number of nitrogens with zero attached hydrogens (tertiary/aromatic N) is 2. The molecule has 0 aliphatic rings. The maximum atomic E-state index is 9.04. The Morgan fingerprint density at radius 2 is 2.37 bits per heavy atom. The lowest BCUT2D eigenvalue weighted by molar-refractivity contribution is 0.876. The first-order valence-corrected chi connectivity index (χ1v) is 7.74. The van der Waals surface area contributed by atoms with Gasteiger partial charge in [0, 0.05) is 12.4 Å². The maximum Gasteiger partial charge on any atom is 0.131 e. The molecule has 0 fully saturated rings. The van der Waals surface area contributed by atoms with Crippen LogP contribution in [0.2, 0.25) is 0 Å². The molecule has 1 unspecified atom stereocenters. The Balaban J connectivity index is 2.27. The number of nitrogens with two attached hydrogens (primary N) is 1. The van der Waals surface area contributed by atoms with Crippen LogP contribution >= 0.6 is 23.1 Å². The van der Waals surface area contributed by atoms with Gasteiger partial charge < -0.3 is 11.1 Å². The van der Waals surface area contributed by atoms with Crippen molar-refractivity contribution in [2.24, 2.45) is 0 Å². The highest BCUT2D eigenvalue weighted by molar-refractivity contribution is 7.99. The summed E-state index contributed by atoms with van der Waals surface area (Å²) in [5.74, 6) is 0. The van der Waals surface area contributed by atoms with Crippen LogP contribution in [0.5, 0.6) is 0 Å². The lowest BCUT2D eigenvalue weighted by atomic mass is 10.1. The number of nitrogens with one attached hydrogen (secondary N) is 1. The number of hydrogen-bond donors (Lipinski definition) is 2. The van der Waals surface area contributed by atoms with E-state index in [9.17, 15) is 0 Å². The summed E-state index contributed by atoms with van der Waals surface area (Å²) in [6.07, 6.45) is 5.54. The minimum absolute atomic E-state index is 0.115. The van der Waals surface area contributed by atoms with Crippen molar-refractivity contribution < 1.29 is 0 Å². The Morgan fingerprint density at radius 3 is 2.95 bits per heavy atom. The molecule has 0 amide bonds. The molecule has 0 radical (unpaired) electrons. The summed E-state index contributed by atoms with van der Waals surface area (Å²) in [5.41, 5.74) is 7.62. The fourth-order valence-electron chi connectivity index (χ4n) is 1.72. The third kappa shape index (κ3) is 2.83. The first-order chi connectivity index (χ1) is 9.17. The van der Waals surface area contributed by atoms with E-state index < -0.39 is 0 Å². The van der Waals surface area contributed by atoms with Crippen LogP contribution in [0.15, 0.2) is 29.4 Å². The molecule has 2 heterocycles. The summed E-state index contributed by atoms with van der Waals surface area (Å²) in [4.78, 5) is 5.61. The van der Waals surface area contributed by atoms with E-state index in [1.54, 1.807) is 18.0 Å². The lowest BCUT2D eigenvalue weighted by Gasteiger charge is -2.14. The zero-order valence-corrected chi connectivity index (χ0v) is 12.3. The number of hydrogen-bond acceptors (Lipinski definition) is 6. The van der Waals surface area contributed by atoms with E-state index in [1.807, 2.05) is 24.6 Å². The minimum atomic E-state index is 0.115. The summed E-state index contributed by atoms with van der Waals surface area (Å²) in [5, 5.41) is 13.4. The molecule has 0 aliphatic carbocycles. The van der Waals surface area contributed by atoms with Crippen LogP contribution in [-0.2, 0) is 0 Å². The van der Waals surface area contributed by atoms with Gasteiger partial charge in [0.2, 0.25) is 0 Å². The van der Waals surface area contributed by atoms with Gasteiger partial charge in [0.25, 0.3) is 0 Å². The molecule has 2 aromatic heterocycles. The molecule has 2 aromatic rings. The Hall–Kier alpha value is -1.71. The number of anilines is 2. The van der Waals surface area contributed by atoms with Crippen LogP contribution in [0.4, 0.5) is 10.7 Å². The highest BCUT2D eigenvalue weighted by Gasteiger charge is 2.17. The first-order valence-electron chi connectivity index (χ1n) is 5.70. The van der Waals surface area contributed by atoms with E-state index in [1.165, 1.54) is 11.3 Å². The van der Waals surface area contributed by atoms with E-state index in [4.69, 9.17) is 11.0 Å². The van der Waals surface area contributed by atoms with Crippen LogP contribution in [-0.4, -0.2) is 11.2 Å². The van der Waals surface area contributed by atoms with Crippen molar-refractivity contribution in [3.05, 3.63) is 35.0 Å². The number of nitriles is 1. The second-order valence-corrected chi connectivity index (χ2v) is 5.81. The minimum Gasteiger partial charge on any atom is -0.396 e. The van der Waals surface area contributed by atoms with Gasteiger partial charge in [-0.15, -0.1) is 23.1 Å². The molecule has 0 aromatic carbocycles. The van der Waals surface area contributed by atoms with Crippen LogP contribution in [0.1, 0.15) is 23.4 Å². The Labute approximate surface area is 120 Å². The molecule has 98 valence electrons. The van der Waals surface area contributed by atoms with Gasteiger partial charge in [-0.2, -0.15) is 5.26 Å². The molecule has 4 nitrogen and oxygen atoms in total. The maximum absolute atomic E-state index is 9.04. The van der Waals surface area contributed by atoms with Crippen molar-refractivity contribution in [1.29, 1.82) is 5.26 Å². The topological polar surface area (TPSA) is 74.7 Å². The summed E-state index contributed by atoms with van der Waals surface area (Å²) in [6.45, 7) is 2.06. The normalized spacial score (nSPS) is 11.8. The fourth-order valence-corrected chi connectivity index (χ4v) is 3.63. The second kappa shape index (κ2) is 5.95. The number of aromatic nitrogens is 1. The third-order valence-electron chi connectivity index (χ3n) is 2.74. The van der Waals surface area contributed by atoms with Gasteiger partial charge in [0.05, 0.1) is 16.6 Å². The van der Waals surface area contributed by atoms with E-state index >= 15 is 0 Å². The van der Waals surface area contributed by atoms with Crippen molar-refractivity contribution in [2.75, 3.05) is 17.3 Å². The Kier molecular flexibility index (Phi) is 4.30. The van der Waals surface area contributed by atoms with Crippen molar-refractivity contribution in [3.63, 3.8) is 0 Å². The van der Waals surface area contributed by atoms with Crippen LogP contribution in [0, 0.1) is 11.3 Å². The van der Waals surface area contributed by atoms with Gasteiger partial charge in [-0.1, -0.05) is 6.07 Å². The largest absolute Gasteiger partial charge is 0.396 e. The van der Waals surface area contributed by atoms with Crippen molar-refractivity contribution in [3.8, 4) is 6.07 Å². The average molecular weight is 290 g/mol. The van der Waals surface area contributed by atoms with Crippen molar-refractivity contribution in [1.82, 2.24) is 4.98 Å². The van der Waals surface area contributed by atoms with Crippen LogP contribution < -0.4 is 11.1 Å².